The minimum absolute atomic E-state index is 0.0644. The van der Waals surface area contributed by atoms with E-state index in [1.54, 1.807) is 0 Å². The molecule has 2 aliphatic heterocycles. The first kappa shape index (κ1) is 13.9. The molecule has 1 amide bonds. The van der Waals surface area contributed by atoms with Crippen LogP contribution in [0.2, 0.25) is 0 Å². The van der Waals surface area contributed by atoms with Crippen molar-refractivity contribution in [3.63, 3.8) is 0 Å². The molecule has 110 valence electrons. The van der Waals surface area contributed by atoms with E-state index in [4.69, 9.17) is 16.3 Å². The molecular formula is C15H20ClNO3. The lowest BCUT2D eigenvalue weighted by molar-refractivity contribution is -0.199. The average Bonchev–Trinajstić information content (AvgIpc) is 2.69. The van der Waals surface area contributed by atoms with Crippen LogP contribution in [0.4, 0.5) is 0 Å². The van der Waals surface area contributed by atoms with Crippen molar-refractivity contribution in [3.8, 4) is 0 Å². The number of esters is 1. The average molecular weight is 298 g/mol. The Morgan fingerprint density at radius 1 is 1.55 bits per heavy atom. The van der Waals surface area contributed by atoms with Crippen LogP contribution in [0.1, 0.15) is 32.6 Å². The Balaban J connectivity index is 1.86. The van der Waals surface area contributed by atoms with Crippen molar-refractivity contribution in [3.05, 3.63) is 12.2 Å². The Kier molecular flexibility index (Phi) is 3.53. The van der Waals surface area contributed by atoms with Crippen molar-refractivity contribution >= 4 is 23.5 Å². The molecule has 20 heavy (non-hydrogen) atoms. The predicted molar refractivity (Wildman–Crippen MR) is 75.2 cm³/mol. The highest BCUT2D eigenvalue weighted by molar-refractivity contribution is 6.18. The van der Waals surface area contributed by atoms with Gasteiger partial charge in [-0.1, -0.05) is 19.1 Å². The molecule has 0 aromatic carbocycles. The van der Waals surface area contributed by atoms with Crippen LogP contribution in [0, 0.1) is 17.8 Å². The van der Waals surface area contributed by atoms with Gasteiger partial charge in [0, 0.05) is 11.8 Å². The molecule has 1 N–H and O–H groups in total. The summed E-state index contributed by atoms with van der Waals surface area (Å²) in [5, 5.41) is 2.94. The molecule has 3 unspecified atom stereocenters. The number of carbonyl (C=O) groups is 2. The molecule has 2 heterocycles. The van der Waals surface area contributed by atoms with E-state index in [2.05, 4.69) is 24.4 Å². The van der Waals surface area contributed by atoms with Gasteiger partial charge in [-0.3, -0.25) is 4.79 Å². The van der Waals surface area contributed by atoms with E-state index in [0.29, 0.717) is 18.2 Å². The molecule has 1 aliphatic carbocycles. The van der Waals surface area contributed by atoms with Gasteiger partial charge < -0.3 is 10.1 Å². The number of fused-ring (bicyclic) bond motifs is 1. The third kappa shape index (κ3) is 1.80. The van der Waals surface area contributed by atoms with Crippen LogP contribution < -0.4 is 5.32 Å². The van der Waals surface area contributed by atoms with E-state index in [1.165, 1.54) is 0 Å². The summed E-state index contributed by atoms with van der Waals surface area (Å²) in [4.78, 5) is 24.3. The van der Waals surface area contributed by atoms with E-state index in [9.17, 15) is 9.59 Å². The Bertz CT molecular complexity index is 464. The van der Waals surface area contributed by atoms with Crippen molar-refractivity contribution in [2.75, 3.05) is 5.88 Å². The monoisotopic (exact) mass is 297 g/mol. The van der Waals surface area contributed by atoms with Gasteiger partial charge in [-0.2, -0.15) is 0 Å². The summed E-state index contributed by atoms with van der Waals surface area (Å²) in [5.74, 6) is 0.136. The first-order chi connectivity index (χ1) is 9.61. The molecule has 0 aromatic rings. The lowest BCUT2D eigenvalue weighted by atomic mass is 9.67. The van der Waals surface area contributed by atoms with Crippen molar-refractivity contribution < 1.29 is 14.3 Å². The van der Waals surface area contributed by atoms with Gasteiger partial charge in [-0.25, -0.2) is 4.79 Å². The maximum atomic E-state index is 12.1. The predicted octanol–water partition coefficient (Wildman–Crippen LogP) is 2.02. The summed E-state index contributed by atoms with van der Waals surface area (Å²) in [6.45, 7) is 2.05. The van der Waals surface area contributed by atoms with E-state index in [0.717, 1.165) is 19.3 Å². The van der Waals surface area contributed by atoms with Crippen LogP contribution in [-0.2, 0) is 14.3 Å². The highest BCUT2D eigenvalue weighted by Gasteiger charge is 2.70. The third-order valence-electron chi connectivity index (χ3n) is 5.12. The van der Waals surface area contributed by atoms with Crippen LogP contribution in [-0.4, -0.2) is 29.4 Å². The van der Waals surface area contributed by atoms with Gasteiger partial charge in [0.1, 0.15) is 6.10 Å². The van der Waals surface area contributed by atoms with Gasteiger partial charge in [0.05, 0.1) is 5.92 Å². The maximum Gasteiger partial charge on any atom is 0.336 e. The van der Waals surface area contributed by atoms with Crippen molar-refractivity contribution in [2.24, 2.45) is 17.8 Å². The zero-order valence-corrected chi connectivity index (χ0v) is 12.4. The lowest BCUT2D eigenvalue weighted by Gasteiger charge is -2.48. The second-order valence-electron chi connectivity index (χ2n) is 6.08. The van der Waals surface area contributed by atoms with Gasteiger partial charge in [0.25, 0.3) is 0 Å². The summed E-state index contributed by atoms with van der Waals surface area (Å²) in [5.41, 5.74) is -0.819. The third-order valence-corrected chi connectivity index (χ3v) is 5.34. The highest BCUT2D eigenvalue weighted by atomic mass is 35.5. The molecule has 0 bridgehead atoms. The fourth-order valence-corrected chi connectivity index (χ4v) is 4.11. The molecule has 0 aromatic heterocycles. The molecule has 3 aliphatic rings. The maximum absolute atomic E-state index is 12.1. The molecule has 3 rings (SSSR count). The molecule has 0 spiro atoms. The number of hydrogen-bond acceptors (Lipinski definition) is 3. The van der Waals surface area contributed by atoms with Gasteiger partial charge in [-0.15, -0.1) is 11.6 Å². The minimum atomic E-state index is -0.819. The van der Waals surface area contributed by atoms with Crippen molar-refractivity contribution in [2.45, 2.75) is 44.2 Å². The number of carbonyl (C=O) groups excluding carboxylic acids is 2. The molecule has 2 saturated heterocycles. The Morgan fingerprint density at radius 2 is 2.35 bits per heavy atom. The Hall–Kier alpha value is -1.03. The second-order valence-corrected chi connectivity index (χ2v) is 6.46. The summed E-state index contributed by atoms with van der Waals surface area (Å²) >= 11 is 5.76. The van der Waals surface area contributed by atoms with E-state index < -0.39 is 5.54 Å². The molecule has 0 saturated carbocycles. The molecular weight excluding hydrogens is 278 g/mol. The standard InChI is InChI=1S/C15H20ClNO3/c1-9(10-5-3-2-4-6-10)15-12(20-14(15)19)11(7-8-16)13(18)17-15/h3,5,9-12H,2,4,6-8H2,1H3,(H,17,18)/t9-,10?,11+,12?,15?/m0/s1. The normalized spacial score (nSPS) is 40.6. The fraction of sp³-hybridized carbons (Fsp3) is 0.733. The van der Waals surface area contributed by atoms with Crippen LogP contribution in [0.5, 0.6) is 0 Å². The second kappa shape index (κ2) is 5.06. The van der Waals surface area contributed by atoms with Gasteiger partial charge in [0.2, 0.25) is 5.91 Å². The lowest BCUT2D eigenvalue weighted by Crippen LogP contribution is -2.71. The first-order valence-electron chi connectivity index (χ1n) is 7.37. The van der Waals surface area contributed by atoms with Crippen LogP contribution >= 0.6 is 11.6 Å². The Labute approximate surface area is 123 Å². The van der Waals surface area contributed by atoms with Crippen LogP contribution in [0.3, 0.4) is 0 Å². The molecule has 5 heteroatoms. The number of amides is 1. The number of ether oxygens (including phenoxy) is 1. The summed E-state index contributed by atoms with van der Waals surface area (Å²) in [6, 6.07) is 0. The number of nitrogens with one attached hydrogen (secondary N) is 1. The van der Waals surface area contributed by atoms with Crippen molar-refractivity contribution in [1.82, 2.24) is 5.32 Å². The van der Waals surface area contributed by atoms with Gasteiger partial charge >= 0.3 is 5.97 Å². The number of hydrogen-bond donors (Lipinski definition) is 1. The zero-order valence-electron chi connectivity index (χ0n) is 11.6. The minimum Gasteiger partial charge on any atom is -0.456 e. The fourth-order valence-electron chi connectivity index (χ4n) is 3.87. The van der Waals surface area contributed by atoms with E-state index in [-0.39, 0.29) is 29.8 Å². The highest BCUT2D eigenvalue weighted by Crippen LogP contribution is 2.48. The number of allylic oxidation sites excluding steroid dienone is 2. The summed E-state index contributed by atoms with van der Waals surface area (Å²) in [7, 11) is 0. The first-order valence-corrected chi connectivity index (χ1v) is 7.90. The largest absolute Gasteiger partial charge is 0.456 e. The number of rotatable bonds is 4. The quantitative estimate of drug-likeness (QED) is 0.491. The molecule has 0 radical (unpaired) electrons. The molecule has 5 atom stereocenters. The van der Waals surface area contributed by atoms with E-state index >= 15 is 0 Å². The zero-order chi connectivity index (χ0) is 14.3. The summed E-state index contributed by atoms with van der Waals surface area (Å²) in [6.07, 6.45) is 7.88. The van der Waals surface area contributed by atoms with Crippen LogP contribution in [0.25, 0.3) is 0 Å². The van der Waals surface area contributed by atoms with Gasteiger partial charge in [-0.05, 0) is 31.6 Å². The Morgan fingerprint density at radius 3 is 2.95 bits per heavy atom. The molecule has 2 fully saturated rings. The number of halogens is 1. The number of alkyl halides is 1. The van der Waals surface area contributed by atoms with Crippen LogP contribution in [0.15, 0.2) is 12.2 Å². The SMILES string of the molecule is C[C@@H](C1C=CCCC1)C12NC(=O)[C@H](CCCl)C1OC2=O. The van der Waals surface area contributed by atoms with Crippen molar-refractivity contribution in [1.29, 1.82) is 0 Å². The van der Waals surface area contributed by atoms with Gasteiger partial charge in [0.15, 0.2) is 5.54 Å². The molecule has 4 nitrogen and oxygen atoms in total. The summed E-state index contributed by atoms with van der Waals surface area (Å²) < 4.78 is 5.31. The van der Waals surface area contributed by atoms with E-state index in [1.807, 2.05) is 0 Å². The topological polar surface area (TPSA) is 55.4 Å². The smallest absolute Gasteiger partial charge is 0.336 e.